The van der Waals surface area contributed by atoms with E-state index in [-0.39, 0.29) is 11.9 Å². The molecule has 4 heterocycles. The van der Waals surface area contributed by atoms with Gasteiger partial charge in [0.15, 0.2) is 17.1 Å². The van der Waals surface area contributed by atoms with Gasteiger partial charge in [-0.05, 0) is 29.7 Å². The molecule has 0 radical (unpaired) electrons. The molecule has 1 amide bonds. The largest absolute Gasteiger partial charge is 0.493 e. The predicted octanol–water partition coefficient (Wildman–Crippen LogP) is 1.91. The van der Waals surface area contributed by atoms with Gasteiger partial charge in [-0.15, -0.1) is 0 Å². The van der Waals surface area contributed by atoms with Crippen LogP contribution in [0.5, 0.6) is 11.5 Å². The molecule has 28 heavy (non-hydrogen) atoms. The number of ether oxygens (including phenoxy) is 2. The molecule has 0 saturated heterocycles. The van der Waals surface area contributed by atoms with Crippen molar-refractivity contribution in [2.24, 2.45) is 0 Å². The van der Waals surface area contributed by atoms with Crippen LogP contribution in [0.15, 0.2) is 24.5 Å². The van der Waals surface area contributed by atoms with Gasteiger partial charge in [-0.2, -0.15) is 10.4 Å². The Labute approximate surface area is 160 Å². The van der Waals surface area contributed by atoms with E-state index in [0.717, 1.165) is 23.2 Å². The van der Waals surface area contributed by atoms with Gasteiger partial charge in [0, 0.05) is 19.2 Å². The monoisotopic (exact) mass is 375 g/mol. The summed E-state index contributed by atoms with van der Waals surface area (Å²) in [6.07, 6.45) is 4.40. The molecule has 8 nitrogen and oxygen atoms in total. The Morgan fingerprint density at radius 3 is 2.75 bits per heavy atom. The number of nitrogens with zero attached hydrogens (tertiary/aromatic N) is 5. The summed E-state index contributed by atoms with van der Waals surface area (Å²) in [5, 5.41) is 13.6. The van der Waals surface area contributed by atoms with Crippen LogP contribution in [0.2, 0.25) is 0 Å². The number of amides is 1. The van der Waals surface area contributed by atoms with E-state index in [9.17, 15) is 10.1 Å². The fraction of sp³-hybridized carbons (Fsp3) is 0.300. The summed E-state index contributed by atoms with van der Waals surface area (Å²) in [5.41, 5.74) is 4.40. The zero-order chi connectivity index (χ0) is 19.4. The van der Waals surface area contributed by atoms with Gasteiger partial charge in [0.25, 0.3) is 5.91 Å². The summed E-state index contributed by atoms with van der Waals surface area (Å²) in [5.74, 6) is 1.27. The number of hydrogen-bond donors (Lipinski definition) is 0. The van der Waals surface area contributed by atoms with Crippen molar-refractivity contribution in [2.75, 3.05) is 20.8 Å². The van der Waals surface area contributed by atoms with Crippen LogP contribution >= 0.6 is 0 Å². The minimum Gasteiger partial charge on any atom is -0.493 e. The van der Waals surface area contributed by atoms with Crippen molar-refractivity contribution in [1.82, 2.24) is 19.5 Å². The number of hydrogen-bond acceptors (Lipinski definition) is 6. The fourth-order valence-corrected chi connectivity index (χ4v) is 4.26. The number of benzene rings is 1. The molecule has 5 rings (SSSR count). The van der Waals surface area contributed by atoms with Crippen LogP contribution in [0.3, 0.4) is 0 Å². The molecule has 0 unspecified atom stereocenters. The maximum atomic E-state index is 13.2. The zero-order valence-electron chi connectivity index (χ0n) is 15.5. The Morgan fingerprint density at radius 2 is 2.00 bits per heavy atom. The summed E-state index contributed by atoms with van der Waals surface area (Å²) in [7, 11) is 3.22. The van der Waals surface area contributed by atoms with Crippen LogP contribution in [0, 0.1) is 11.3 Å². The Hall–Kier alpha value is -3.60. The van der Waals surface area contributed by atoms with Crippen LogP contribution in [0.1, 0.15) is 38.8 Å². The molecule has 140 valence electrons. The highest BCUT2D eigenvalue weighted by atomic mass is 16.5. The lowest BCUT2D eigenvalue weighted by Crippen LogP contribution is -2.45. The molecule has 1 atom stereocenters. The molecular formula is C20H17N5O3. The highest BCUT2D eigenvalue weighted by Gasteiger charge is 2.39. The first kappa shape index (κ1) is 16.6. The highest BCUT2D eigenvalue weighted by molar-refractivity contribution is 5.97. The second-order valence-electron chi connectivity index (χ2n) is 6.90. The summed E-state index contributed by atoms with van der Waals surface area (Å²) < 4.78 is 12.5. The number of carbonyl (C=O) groups is 1. The summed E-state index contributed by atoms with van der Waals surface area (Å²) in [6.45, 7) is 0.631. The van der Waals surface area contributed by atoms with Crippen LogP contribution in [-0.2, 0) is 12.8 Å². The molecule has 0 saturated carbocycles. The first-order chi connectivity index (χ1) is 13.7. The number of carbonyl (C=O) groups excluding carboxylic acids is 1. The van der Waals surface area contributed by atoms with Gasteiger partial charge < -0.3 is 14.4 Å². The highest BCUT2D eigenvalue weighted by Crippen LogP contribution is 2.42. The first-order valence-electron chi connectivity index (χ1n) is 8.97. The topological polar surface area (TPSA) is 92.7 Å². The van der Waals surface area contributed by atoms with Crippen molar-refractivity contribution in [3.05, 3.63) is 52.5 Å². The second kappa shape index (κ2) is 5.96. The third kappa shape index (κ3) is 2.13. The van der Waals surface area contributed by atoms with Crippen molar-refractivity contribution < 1.29 is 14.3 Å². The minimum atomic E-state index is -0.121. The average molecular weight is 375 g/mol. The van der Waals surface area contributed by atoms with Crippen LogP contribution in [-0.4, -0.2) is 46.2 Å². The molecule has 2 aliphatic heterocycles. The Bertz CT molecular complexity index is 1180. The van der Waals surface area contributed by atoms with Gasteiger partial charge in [0.2, 0.25) is 0 Å². The van der Waals surface area contributed by atoms with Crippen LogP contribution < -0.4 is 9.47 Å². The van der Waals surface area contributed by atoms with E-state index < -0.39 is 0 Å². The van der Waals surface area contributed by atoms with Crippen molar-refractivity contribution in [2.45, 2.75) is 18.9 Å². The average Bonchev–Trinajstić information content (AvgIpc) is 3.16. The minimum absolute atomic E-state index is 0.0601. The van der Waals surface area contributed by atoms with Crippen molar-refractivity contribution >= 4 is 11.6 Å². The normalized spacial score (nSPS) is 17.5. The van der Waals surface area contributed by atoms with Gasteiger partial charge in [-0.3, -0.25) is 4.79 Å². The molecular weight excluding hydrogens is 358 g/mol. The zero-order valence-corrected chi connectivity index (χ0v) is 15.5. The molecule has 0 bridgehead atoms. The fourth-order valence-electron chi connectivity index (χ4n) is 4.26. The molecule has 1 aromatic carbocycles. The third-order valence-electron chi connectivity index (χ3n) is 5.63. The van der Waals surface area contributed by atoms with Crippen molar-refractivity contribution in [1.29, 1.82) is 5.26 Å². The SMILES string of the molecule is COc1cc2c(cc1OC)[C@H]1Cc3c(cnc4c(C#N)cnn34)C(=O)N1CC2. The number of rotatable bonds is 2. The third-order valence-corrected chi connectivity index (χ3v) is 5.63. The lowest BCUT2D eigenvalue weighted by atomic mass is 9.85. The maximum absolute atomic E-state index is 13.2. The van der Waals surface area contributed by atoms with E-state index in [2.05, 4.69) is 16.2 Å². The molecule has 0 N–H and O–H groups in total. The van der Waals surface area contributed by atoms with E-state index in [4.69, 9.17) is 9.47 Å². The second-order valence-corrected chi connectivity index (χ2v) is 6.90. The number of fused-ring (bicyclic) bond motifs is 6. The van der Waals surface area contributed by atoms with Gasteiger partial charge in [-0.1, -0.05) is 0 Å². The smallest absolute Gasteiger partial charge is 0.257 e. The number of aromatic nitrogens is 3. The van der Waals surface area contributed by atoms with E-state index in [1.54, 1.807) is 24.9 Å². The van der Waals surface area contributed by atoms with Crippen molar-refractivity contribution in [3.63, 3.8) is 0 Å². The van der Waals surface area contributed by atoms with E-state index >= 15 is 0 Å². The molecule has 2 aromatic heterocycles. The van der Waals surface area contributed by atoms with E-state index in [1.165, 1.54) is 6.20 Å². The molecule has 0 spiro atoms. The van der Waals surface area contributed by atoms with Crippen molar-refractivity contribution in [3.8, 4) is 17.6 Å². The lowest BCUT2D eigenvalue weighted by molar-refractivity contribution is 0.0626. The molecule has 2 aliphatic rings. The summed E-state index contributed by atoms with van der Waals surface area (Å²) in [4.78, 5) is 19.4. The van der Waals surface area contributed by atoms with Gasteiger partial charge in [0.05, 0.1) is 37.7 Å². The number of nitriles is 1. The van der Waals surface area contributed by atoms with Gasteiger partial charge in [0.1, 0.15) is 11.6 Å². The van der Waals surface area contributed by atoms with Gasteiger partial charge in [-0.25, -0.2) is 9.50 Å². The quantitative estimate of drug-likeness (QED) is 0.679. The Morgan fingerprint density at radius 1 is 1.21 bits per heavy atom. The Balaban J connectivity index is 1.68. The maximum Gasteiger partial charge on any atom is 0.257 e. The molecule has 0 fully saturated rings. The van der Waals surface area contributed by atoms with E-state index in [0.29, 0.717) is 41.2 Å². The van der Waals surface area contributed by atoms with Gasteiger partial charge >= 0.3 is 0 Å². The number of methoxy groups -OCH3 is 2. The van der Waals surface area contributed by atoms with E-state index in [1.807, 2.05) is 17.0 Å². The first-order valence-corrected chi connectivity index (χ1v) is 8.97. The molecule has 0 aliphatic carbocycles. The Kier molecular flexibility index (Phi) is 3.52. The molecule has 8 heteroatoms. The van der Waals surface area contributed by atoms with Crippen LogP contribution in [0.4, 0.5) is 0 Å². The summed E-state index contributed by atoms with van der Waals surface area (Å²) >= 11 is 0. The predicted molar refractivity (Wildman–Crippen MR) is 98.4 cm³/mol. The molecule has 3 aromatic rings. The lowest BCUT2D eigenvalue weighted by Gasteiger charge is -2.41. The summed E-state index contributed by atoms with van der Waals surface area (Å²) in [6, 6.07) is 5.93. The standard InChI is InChI=1S/C20H17N5O3/c1-27-17-5-11-3-4-24-15(13(11)6-18(17)28-2)7-16-14(20(24)26)10-22-19-12(8-21)9-23-25(16)19/h5-6,9-10,15H,3-4,7H2,1-2H3/t15-/m1/s1. The van der Waals surface area contributed by atoms with Crippen LogP contribution in [0.25, 0.3) is 5.65 Å².